The van der Waals surface area contributed by atoms with E-state index >= 15 is 0 Å². The Morgan fingerprint density at radius 1 is 1.19 bits per heavy atom. The van der Waals surface area contributed by atoms with Crippen LogP contribution in [0, 0.1) is 0 Å². The Balaban J connectivity index is 1.98. The fraction of sp³-hybridized carbons (Fsp3) is 0.250. The summed E-state index contributed by atoms with van der Waals surface area (Å²) in [6.45, 7) is 3.51. The maximum atomic E-state index is 5.96. The highest BCUT2D eigenvalue weighted by molar-refractivity contribution is 9.10. The number of rotatable bonds is 5. The number of nitrogens with two attached hydrogens (primary N) is 1. The Bertz CT molecular complexity index is 1010. The van der Waals surface area contributed by atoms with Crippen molar-refractivity contribution in [1.82, 2.24) is 14.8 Å². The van der Waals surface area contributed by atoms with Crippen molar-refractivity contribution in [3.05, 3.63) is 69.7 Å². The summed E-state index contributed by atoms with van der Waals surface area (Å²) in [4.78, 5) is 4.89. The Morgan fingerprint density at radius 2 is 2.04 bits per heavy atom. The molecule has 2 N–H and O–H groups in total. The van der Waals surface area contributed by atoms with Gasteiger partial charge in [0.1, 0.15) is 18.1 Å². The molecule has 0 aliphatic carbocycles. The van der Waals surface area contributed by atoms with E-state index < -0.39 is 0 Å². The molecule has 27 heavy (non-hydrogen) atoms. The highest BCUT2D eigenvalue weighted by Gasteiger charge is 2.25. The number of halogens is 1. The summed E-state index contributed by atoms with van der Waals surface area (Å²) < 4.78 is 9.04. The molecule has 4 rings (SSSR count). The molecular weight excluding hydrogens is 406 g/mol. The van der Waals surface area contributed by atoms with Crippen molar-refractivity contribution in [2.24, 2.45) is 10.7 Å². The fourth-order valence-corrected chi connectivity index (χ4v) is 3.74. The first-order valence-electron chi connectivity index (χ1n) is 8.93. The zero-order chi connectivity index (χ0) is 18.8. The number of ether oxygens (including phenoxy) is 1. The van der Waals surface area contributed by atoms with Gasteiger partial charge in [-0.2, -0.15) is 0 Å². The molecule has 138 valence electrons. The third kappa shape index (κ3) is 3.28. The van der Waals surface area contributed by atoms with E-state index in [0.29, 0.717) is 26.1 Å². The quantitative estimate of drug-likeness (QED) is 0.679. The number of fused-ring (bicyclic) bond motifs is 3. The number of hydrogen-bond donors (Lipinski definition) is 1. The van der Waals surface area contributed by atoms with E-state index in [1.807, 2.05) is 31.2 Å². The molecule has 7 heteroatoms. The summed E-state index contributed by atoms with van der Waals surface area (Å²) >= 11 is 3.56. The second kappa shape index (κ2) is 7.62. The molecule has 1 aromatic heterocycles. The lowest BCUT2D eigenvalue weighted by Crippen LogP contribution is -2.14. The normalized spacial score (nSPS) is 12.8. The first kappa shape index (κ1) is 17.9. The monoisotopic (exact) mass is 425 g/mol. The van der Waals surface area contributed by atoms with Crippen molar-refractivity contribution in [3.63, 3.8) is 0 Å². The minimum atomic E-state index is 0.444. The molecule has 2 aromatic carbocycles. The van der Waals surface area contributed by atoms with Crippen molar-refractivity contribution in [2.45, 2.75) is 19.9 Å². The van der Waals surface area contributed by atoms with Gasteiger partial charge in [0.15, 0.2) is 5.82 Å². The minimum Gasteiger partial charge on any atom is -0.493 e. The van der Waals surface area contributed by atoms with Crippen molar-refractivity contribution < 1.29 is 4.74 Å². The van der Waals surface area contributed by atoms with E-state index in [1.54, 1.807) is 0 Å². The molecule has 2 heterocycles. The van der Waals surface area contributed by atoms with Crippen LogP contribution in [0.4, 0.5) is 0 Å². The van der Waals surface area contributed by atoms with Gasteiger partial charge in [0.2, 0.25) is 0 Å². The summed E-state index contributed by atoms with van der Waals surface area (Å²) in [5.74, 6) is 2.44. The average Bonchev–Trinajstić information content (AvgIpc) is 2.97. The van der Waals surface area contributed by atoms with Crippen molar-refractivity contribution in [2.75, 3.05) is 13.2 Å². The molecule has 0 radical (unpaired) electrons. The predicted molar refractivity (Wildman–Crippen MR) is 109 cm³/mol. The average molecular weight is 426 g/mol. The van der Waals surface area contributed by atoms with Crippen LogP contribution in [0.1, 0.15) is 29.7 Å². The lowest BCUT2D eigenvalue weighted by atomic mass is 9.99. The second-order valence-corrected chi connectivity index (χ2v) is 7.08. The summed E-state index contributed by atoms with van der Waals surface area (Å²) in [6, 6.07) is 14.2. The van der Waals surface area contributed by atoms with Gasteiger partial charge in [-0.15, -0.1) is 10.2 Å². The van der Waals surface area contributed by atoms with Gasteiger partial charge in [-0.25, -0.2) is 0 Å². The predicted octanol–water partition coefficient (Wildman–Crippen LogP) is 3.28. The Hall–Kier alpha value is -2.51. The van der Waals surface area contributed by atoms with Gasteiger partial charge >= 0.3 is 0 Å². The van der Waals surface area contributed by atoms with Gasteiger partial charge in [-0.3, -0.25) is 9.56 Å². The van der Waals surface area contributed by atoms with Gasteiger partial charge in [0.25, 0.3) is 0 Å². The molecule has 0 atom stereocenters. The first-order valence-corrected chi connectivity index (χ1v) is 9.72. The highest BCUT2D eigenvalue weighted by Crippen LogP contribution is 2.33. The summed E-state index contributed by atoms with van der Waals surface area (Å²) in [5.41, 5.74) is 9.62. The molecule has 1 aliphatic heterocycles. The lowest BCUT2D eigenvalue weighted by Gasteiger charge is -2.17. The van der Waals surface area contributed by atoms with E-state index in [9.17, 15) is 0 Å². The number of nitrogens with zero attached hydrogens (tertiary/aromatic N) is 4. The highest BCUT2D eigenvalue weighted by atomic mass is 79.9. The van der Waals surface area contributed by atoms with Crippen LogP contribution in [0.5, 0.6) is 5.75 Å². The molecule has 3 aromatic rings. The largest absolute Gasteiger partial charge is 0.493 e. The van der Waals surface area contributed by atoms with E-state index in [4.69, 9.17) is 15.5 Å². The zero-order valence-corrected chi connectivity index (χ0v) is 16.6. The molecule has 0 spiro atoms. The standard InChI is InChI=1S/C20H20BrN5O/c1-2-27-16-8-4-7-15-19(16)20(13-5-3-6-14(21)11-13)23-12-18-25-24-17(9-10-22)26(15)18/h3-8,11H,2,9-10,12,22H2,1H3. The number of aliphatic imine (C=N–C) groups is 1. The van der Waals surface area contributed by atoms with E-state index in [1.165, 1.54) is 0 Å². The van der Waals surface area contributed by atoms with E-state index in [2.05, 4.69) is 48.9 Å². The van der Waals surface area contributed by atoms with Gasteiger partial charge in [-0.1, -0.05) is 34.1 Å². The van der Waals surface area contributed by atoms with Crippen molar-refractivity contribution in [1.29, 1.82) is 0 Å². The van der Waals surface area contributed by atoms with Crippen LogP contribution in [0.3, 0.4) is 0 Å². The van der Waals surface area contributed by atoms with Crippen LogP contribution in [0.25, 0.3) is 5.69 Å². The smallest absolute Gasteiger partial charge is 0.159 e. The SMILES string of the molecule is CCOc1cccc2c1C(c1cccc(Br)c1)=NCc1nnc(CCN)n1-2. The Labute approximate surface area is 166 Å². The van der Waals surface area contributed by atoms with Gasteiger partial charge < -0.3 is 10.5 Å². The first-order chi connectivity index (χ1) is 13.2. The summed E-state index contributed by atoms with van der Waals surface area (Å²) in [6.07, 6.45) is 0.650. The molecule has 0 amide bonds. The second-order valence-electron chi connectivity index (χ2n) is 6.17. The molecular formula is C20H20BrN5O. The van der Waals surface area contributed by atoms with Crippen LogP contribution in [-0.4, -0.2) is 33.6 Å². The topological polar surface area (TPSA) is 78.3 Å². The zero-order valence-electron chi connectivity index (χ0n) is 15.0. The third-order valence-corrected chi connectivity index (χ3v) is 4.92. The van der Waals surface area contributed by atoms with E-state index in [0.717, 1.165) is 44.4 Å². The van der Waals surface area contributed by atoms with Gasteiger partial charge in [0, 0.05) is 16.5 Å². The minimum absolute atomic E-state index is 0.444. The molecule has 0 saturated heterocycles. The Morgan fingerprint density at radius 3 is 2.81 bits per heavy atom. The van der Waals surface area contributed by atoms with Crippen LogP contribution in [0.15, 0.2) is 51.9 Å². The van der Waals surface area contributed by atoms with Crippen LogP contribution >= 0.6 is 15.9 Å². The Kier molecular flexibility index (Phi) is 5.05. The van der Waals surface area contributed by atoms with Gasteiger partial charge in [0.05, 0.1) is 23.6 Å². The molecule has 0 unspecified atom stereocenters. The number of hydrogen-bond acceptors (Lipinski definition) is 5. The molecule has 0 saturated carbocycles. The lowest BCUT2D eigenvalue weighted by molar-refractivity contribution is 0.339. The molecule has 0 bridgehead atoms. The maximum Gasteiger partial charge on any atom is 0.159 e. The number of aromatic nitrogens is 3. The maximum absolute atomic E-state index is 5.96. The number of benzene rings is 2. The third-order valence-electron chi connectivity index (χ3n) is 4.42. The van der Waals surface area contributed by atoms with Crippen LogP contribution in [-0.2, 0) is 13.0 Å². The molecule has 1 aliphatic rings. The van der Waals surface area contributed by atoms with Crippen LogP contribution < -0.4 is 10.5 Å². The van der Waals surface area contributed by atoms with E-state index in [-0.39, 0.29) is 0 Å². The van der Waals surface area contributed by atoms with Gasteiger partial charge in [-0.05, 0) is 37.7 Å². The summed E-state index contributed by atoms with van der Waals surface area (Å²) in [7, 11) is 0. The summed E-state index contributed by atoms with van der Waals surface area (Å²) in [5, 5.41) is 8.69. The molecule has 6 nitrogen and oxygen atoms in total. The fourth-order valence-electron chi connectivity index (χ4n) is 3.35. The van der Waals surface area contributed by atoms with Crippen molar-refractivity contribution in [3.8, 4) is 11.4 Å². The van der Waals surface area contributed by atoms with Crippen LogP contribution in [0.2, 0.25) is 0 Å². The van der Waals surface area contributed by atoms with Crippen molar-refractivity contribution >= 4 is 21.6 Å². The molecule has 0 fully saturated rings.